The van der Waals surface area contributed by atoms with Crippen LogP contribution in [0.5, 0.6) is 0 Å². The summed E-state index contributed by atoms with van der Waals surface area (Å²) in [6, 6.07) is 20.8. The molecule has 1 amide bonds. The second kappa shape index (κ2) is 11.5. The Balaban J connectivity index is 1.24. The zero-order valence-electron chi connectivity index (χ0n) is 19.2. The molecule has 0 fully saturated rings. The fourth-order valence-corrected chi connectivity index (χ4v) is 4.30. The van der Waals surface area contributed by atoms with Gasteiger partial charge in [-0.25, -0.2) is 27.5 Å². The topological polar surface area (TPSA) is 113 Å². The van der Waals surface area contributed by atoms with E-state index in [1.54, 1.807) is 42.7 Å². The van der Waals surface area contributed by atoms with Crippen molar-refractivity contribution in [3.63, 3.8) is 0 Å². The molecule has 0 atom stereocenters. The Morgan fingerprint density at radius 3 is 1.94 bits per heavy atom. The van der Waals surface area contributed by atoms with E-state index in [-0.39, 0.29) is 17.3 Å². The molecule has 36 heavy (non-hydrogen) atoms. The van der Waals surface area contributed by atoms with Crippen molar-refractivity contribution in [1.82, 2.24) is 20.0 Å². The molecule has 184 valence electrons. The normalized spacial score (nSPS) is 11.1. The summed E-state index contributed by atoms with van der Waals surface area (Å²) in [4.78, 5) is 20.7. The maximum Gasteiger partial charge on any atom is 0.251 e. The number of hydrogen-bond donors (Lipinski definition) is 3. The first-order valence-electron chi connectivity index (χ1n) is 11.1. The summed E-state index contributed by atoms with van der Waals surface area (Å²) in [6.45, 7) is 0.956. The number of halogens is 1. The van der Waals surface area contributed by atoms with Crippen LogP contribution in [0.25, 0.3) is 0 Å². The average molecular weight is 506 g/mol. The smallest absolute Gasteiger partial charge is 0.251 e. The van der Waals surface area contributed by atoms with Crippen molar-refractivity contribution in [3.05, 3.63) is 119 Å². The van der Waals surface area contributed by atoms with Gasteiger partial charge in [0.05, 0.1) is 4.90 Å². The number of rotatable bonds is 10. The van der Waals surface area contributed by atoms with Crippen LogP contribution in [0.4, 0.5) is 10.3 Å². The Hall–Kier alpha value is -4.15. The fourth-order valence-electron chi connectivity index (χ4n) is 3.28. The van der Waals surface area contributed by atoms with Gasteiger partial charge in [0.1, 0.15) is 5.82 Å². The zero-order chi connectivity index (χ0) is 25.4. The summed E-state index contributed by atoms with van der Waals surface area (Å²) in [7, 11) is -3.74. The van der Waals surface area contributed by atoms with Crippen LogP contribution >= 0.6 is 0 Å². The number of sulfonamides is 1. The van der Waals surface area contributed by atoms with Gasteiger partial charge < -0.3 is 10.6 Å². The molecule has 10 heteroatoms. The monoisotopic (exact) mass is 505 g/mol. The first-order chi connectivity index (χ1) is 17.4. The Labute approximate surface area is 208 Å². The first kappa shape index (κ1) is 25.0. The molecule has 0 aliphatic carbocycles. The molecule has 0 unspecified atom stereocenters. The Morgan fingerprint density at radius 1 is 0.750 bits per heavy atom. The van der Waals surface area contributed by atoms with Gasteiger partial charge in [-0.2, -0.15) is 0 Å². The van der Waals surface area contributed by atoms with E-state index in [2.05, 4.69) is 25.3 Å². The van der Waals surface area contributed by atoms with Crippen molar-refractivity contribution in [2.24, 2.45) is 0 Å². The minimum atomic E-state index is -3.74. The highest BCUT2D eigenvalue weighted by Crippen LogP contribution is 2.12. The van der Waals surface area contributed by atoms with Gasteiger partial charge in [0.25, 0.3) is 5.91 Å². The third-order valence-corrected chi connectivity index (χ3v) is 6.72. The lowest BCUT2D eigenvalue weighted by molar-refractivity contribution is 0.0951. The fraction of sp³-hybridized carbons (Fsp3) is 0.115. The summed E-state index contributed by atoms with van der Waals surface area (Å²) < 4.78 is 40.2. The number of aromatic nitrogens is 2. The number of nitrogens with zero attached hydrogens (tertiary/aromatic N) is 2. The van der Waals surface area contributed by atoms with E-state index in [4.69, 9.17) is 0 Å². The molecule has 1 heterocycles. The largest absolute Gasteiger partial charge is 0.350 e. The van der Waals surface area contributed by atoms with Crippen molar-refractivity contribution < 1.29 is 17.6 Å². The van der Waals surface area contributed by atoms with Gasteiger partial charge in [0.15, 0.2) is 0 Å². The van der Waals surface area contributed by atoms with Gasteiger partial charge in [-0.05, 0) is 59.2 Å². The van der Waals surface area contributed by atoms with Gasteiger partial charge in [0.2, 0.25) is 16.0 Å². The summed E-state index contributed by atoms with van der Waals surface area (Å²) in [5.41, 5.74) is 3.16. The number of nitrogens with one attached hydrogen (secondary N) is 3. The third-order valence-electron chi connectivity index (χ3n) is 5.30. The second-order valence-corrected chi connectivity index (χ2v) is 9.67. The van der Waals surface area contributed by atoms with Crippen LogP contribution in [0.2, 0.25) is 0 Å². The van der Waals surface area contributed by atoms with Crippen molar-refractivity contribution in [2.75, 3.05) is 5.32 Å². The van der Waals surface area contributed by atoms with Crippen LogP contribution in [0.15, 0.2) is 96.2 Å². The quantitative estimate of drug-likeness (QED) is 0.303. The molecular formula is C26H24FN5O3S. The lowest BCUT2D eigenvalue weighted by Gasteiger charge is -2.09. The Morgan fingerprint density at radius 2 is 1.31 bits per heavy atom. The molecule has 4 aromatic rings. The average Bonchev–Trinajstić information content (AvgIpc) is 2.91. The van der Waals surface area contributed by atoms with E-state index in [1.165, 1.54) is 12.1 Å². The predicted molar refractivity (Wildman–Crippen MR) is 134 cm³/mol. The maximum atomic E-state index is 13.0. The molecule has 0 saturated carbocycles. The SMILES string of the molecule is O=C(NCc1ccc(CNS(=O)(=O)c2ccc(F)cc2)cc1)c1ccc(CNc2ncccn2)cc1. The van der Waals surface area contributed by atoms with Crippen molar-refractivity contribution in [3.8, 4) is 0 Å². The van der Waals surface area contributed by atoms with Crippen LogP contribution in [-0.2, 0) is 29.7 Å². The highest BCUT2D eigenvalue weighted by molar-refractivity contribution is 7.89. The van der Waals surface area contributed by atoms with Crippen molar-refractivity contribution in [2.45, 2.75) is 24.5 Å². The van der Waals surface area contributed by atoms with Gasteiger partial charge in [-0.1, -0.05) is 36.4 Å². The van der Waals surface area contributed by atoms with Crippen molar-refractivity contribution >= 4 is 21.9 Å². The first-order valence-corrected chi connectivity index (χ1v) is 12.6. The van der Waals surface area contributed by atoms with Crippen LogP contribution in [0.3, 0.4) is 0 Å². The highest BCUT2D eigenvalue weighted by Gasteiger charge is 2.13. The van der Waals surface area contributed by atoms with Crippen LogP contribution in [0, 0.1) is 5.82 Å². The molecule has 8 nitrogen and oxygen atoms in total. The van der Waals surface area contributed by atoms with Crippen LogP contribution in [-0.4, -0.2) is 24.3 Å². The number of hydrogen-bond acceptors (Lipinski definition) is 6. The maximum absolute atomic E-state index is 13.0. The third kappa shape index (κ3) is 6.94. The van der Waals surface area contributed by atoms with Crippen molar-refractivity contribution in [1.29, 1.82) is 0 Å². The molecule has 0 bridgehead atoms. The molecule has 0 saturated heterocycles. The second-order valence-electron chi connectivity index (χ2n) is 7.90. The Kier molecular flexibility index (Phi) is 7.99. The van der Waals surface area contributed by atoms with E-state index >= 15 is 0 Å². The number of carbonyl (C=O) groups is 1. The summed E-state index contributed by atoms with van der Waals surface area (Å²) in [6.07, 6.45) is 3.32. The lowest BCUT2D eigenvalue weighted by Crippen LogP contribution is -2.23. The van der Waals surface area contributed by atoms with E-state index < -0.39 is 15.8 Å². The van der Waals surface area contributed by atoms with Gasteiger partial charge in [0, 0.05) is 37.6 Å². The van der Waals surface area contributed by atoms with E-state index in [9.17, 15) is 17.6 Å². The standard InChI is InChI=1S/C26H24FN5O3S/c27-23-10-12-24(13-11-23)36(34,35)32-18-21-4-2-19(3-5-21)16-30-25(33)22-8-6-20(7-9-22)17-31-26-28-14-1-15-29-26/h1-15,32H,16-18H2,(H,30,33)(H,28,29,31). The number of anilines is 1. The Bertz CT molecular complexity index is 1400. The molecule has 0 radical (unpaired) electrons. The van der Waals surface area contributed by atoms with E-state index in [0.717, 1.165) is 28.8 Å². The summed E-state index contributed by atoms with van der Waals surface area (Å²) >= 11 is 0. The summed E-state index contributed by atoms with van der Waals surface area (Å²) in [5, 5.41) is 5.99. The molecular weight excluding hydrogens is 481 g/mol. The number of amides is 1. The lowest BCUT2D eigenvalue weighted by atomic mass is 10.1. The molecule has 3 N–H and O–H groups in total. The molecule has 1 aromatic heterocycles. The molecule has 0 aliphatic heterocycles. The molecule has 0 aliphatic rings. The summed E-state index contributed by atoms with van der Waals surface area (Å²) in [5.74, 6) is -0.159. The van der Waals surface area contributed by atoms with E-state index in [1.807, 2.05) is 24.3 Å². The minimum Gasteiger partial charge on any atom is -0.350 e. The molecule has 3 aromatic carbocycles. The number of benzene rings is 3. The zero-order valence-corrected chi connectivity index (χ0v) is 20.0. The number of carbonyl (C=O) groups excluding carboxylic acids is 1. The molecule has 0 spiro atoms. The van der Waals surface area contributed by atoms with Crippen LogP contribution < -0.4 is 15.4 Å². The van der Waals surface area contributed by atoms with Gasteiger partial charge >= 0.3 is 0 Å². The minimum absolute atomic E-state index is 0.00209. The van der Waals surface area contributed by atoms with Gasteiger partial charge in [-0.15, -0.1) is 0 Å². The predicted octanol–water partition coefficient (Wildman–Crippen LogP) is 3.64. The molecule has 4 rings (SSSR count). The van der Waals surface area contributed by atoms with Gasteiger partial charge in [-0.3, -0.25) is 4.79 Å². The van der Waals surface area contributed by atoms with E-state index in [0.29, 0.717) is 24.6 Å². The van der Waals surface area contributed by atoms with Crippen LogP contribution in [0.1, 0.15) is 27.0 Å². The highest BCUT2D eigenvalue weighted by atomic mass is 32.2.